The summed E-state index contributed by atoms with van der Waals surface area (Å²) >= 11 is 0. The Labute approximate surface area is 168 Å². The molecule has 156 valence electrons. The fourth-order valence-electron chi connectivity index (χ4n) is 3.43. The molecule has 1 unspecified atom stereocenters. The normalized spacial score (nSPS) is 17.0. The van der Waals surface area contributed by atoms with Gasteiger partial charge in [0.2, 0.25) is 0 Å². The molecule has 0 amide bonds. The lowest BCUT2D eigenvalue weighted by Crippen LogP contribution is -2.29. The second-order valence-corrected chi connectivity index (χ2v) is 8.08. The van der Waals surface area contributed by atoms with Crippen molar-refractivity contribution in [2.75, 3.05) is 0 Å². The minimum Gasteiger partial charge on any atom is -0.431 e. The first-order valence-corrected chi connectivity index (χ1v) is 10.6. The summed E-state index contributed by atoms with van der Waals surface area (Å²) in [5.41, 5.74) is 2.14. The average molecular weight is 391 g/mol. The van der Waals surface area contributed by atoms with Crippen LogP contribution in [0.25, 0.3) is 0 Å². The van der Waals surface area contributed by atoms with Crippen molar-refractivity contribution in [3.8, 4) is 0 Å². The van der Waals surface area contributed by atoms with Gasteiger partial charge in [-0.2, -0.15) is 0 Å². The van der Waals surface area contributed by atoms with Crippen molar-refractivity contribution in [2.24, 2.45) is 5.92 Å². The Hall–Kier alpha value is -2.04. The summed E-state index contributed by atoms with van der Waals surface area (Å²) in [6, 6.07) is 8.02. The SMILES string of the molecule is CCC(OC(=O)OC1CCCCC1)OC(=O)[C@@H](C)c1ccc(CC(C)C)cc1. The molecular formula is C23H34O5. The van der Waals surface area contributed by atoms with Crippen LogP contribution in [-0.4, -0.2) is 24.5 Å². The van der Waals surface area contributed by atoms with E-state index in [9.17, 15) is 9.59 Å². The van der Waals surface area contributed by atoms with Crippen molar-refractivity contribution >= 4 is 12.1 Å². The lowest BCUT2D eigenvalue weighted by atomic mass is 9.97. The van der Waals surface area contributed by atoms with Gasteiger partial charge in [0.05, 0.1) is 5.92 Å². The molecule has 0 saturated heterocycles. The van der Waals surface area contributed by atoms with Gasteiger partial charge in [0.15, 0.2) is 0 Å². The summed E-state index contributed by atoms with van der Waals surface area (Å²) in [6.45, 7) is 7.96. The van der Waals surface area contributed by atoms with Crippen LogP contribution in [0.2, 0.25) is 0 Å². The van der Waals surface area contributed by atoms with Gasteiger partial charge in [-0.25, -0.2) is 4.79 Å². The third-order valence-electron chi connectivity index (χ3n) is 5.10. The minimum absolute atomic E-state index is 0.0854. The summed E-state index contributed by atoms with van der Waals surface area (Å²) in [4.78, 5) is 24.5. The number of hydrogen-bond donors (Lipinski definition) is 0. The number of benzene rings is 1. The zero-order chi connectivity index (χ0) is 20.5. The number of rotatable bonds is 8. The molecule has 1 aromatic rings. The van der Waals surface area contributed by atoms with E-state index in [-0.39, 0.29) is 6.10 Å². The molecule has 1 saturated carbocycles. The summed E-state index contributed by atoms with van der Waals surface area (Å²) in [5.74, 6) is -0.252. The molecule has 5 nitrogen and oxygen atoms in total. The highest BCUT2D eigenvalue weighted by Gasteiger charge is 2.25. The Balaban J connectivity index is 1.85. The van der Waals surface area contributed by atoms with E-state index in [1.807, 2.05) is 12.1 Å². The van der Waals surface area contributed by atoms with Crippen molar-refractivity contribution in [2.45, 2.75) is 91.0 Å². The van der Waals surface area contributed by atoms with Crippen molar-refractivity contribution in [3.05, 3.63) is 35.4 Å². The zero-order valence-corrected chi connectivity index (χ0v) is 17.6. The Kier molecular flexibility index (Phi) is 8.81. The third kappa shape index (κ3) is 7.17. The Morgan fingerprint density at radius 2 is 1.64 bits per heavy atom. The van der Waals surface area contributed by atoms with Crippen molar-refractivity contribution in [1.82, 2.24) is 0 Å². The smallest absolute Gasteiger partial charge is 0.431 e. The van der Waals surface area contributed by atoms with Crippen LogP contribution in [0.15, 0.2) is 24.3 Å². The van der Waals surface area contributed by atoms with E-state index in [4.69, 9.17) is 14.2 Å². The second-order valence-electron chi connectivity index (χ2n) is 8.08. The molecule has 0 aromatic heterocycles. The number of ether oxygens (including phenoxy) is 3. The Morgan fingerprint density at radius 3 is 2.21 bits per heavy atom. The lowest BCUT2D eigenvalue weighted by Gasteiger charge is -2.23. The molecule has 1 aromatic carbocycles. The molecule has 0 N–H and O–H groups in total. The maximum atomic E-state index is 12.5. The van der Waals surface area contributed by atoms with E-state index in [2.05, 4.69) is 26.0 Å². The van der Waals surface area contributed by atoms with Gasteiger partial charge in [-0.15, -0.1) is 0 Å². The van der Waals surface area contributed by atoms with Gasteiger partial charge in [0.1, 0.15) is 6.10 Å². The molecule has 1 fully saturated rings. The van der Waals surface area contributed by atoms with Gasteiger partial charge in [0.25, 0.3) is 6.29 Å². The van der Waals surface area contributed by atoms with Gasteiger partial charge in [-0.3, -0.25) is 4.79 Å². The molecule has 0 radical (unpaired) electrons. The number of hydrogen-bond acceptors (Lipinski definition) is 5. The highest BCUT2D eigenvalue weighted by molar-refractivity contribution is 5.78. The van der Waals surface area contributed by atoms with Gasteiger partial charge in [-0.05, 0) is 56.1 Å². The predicted molar refractivity (Wildman–Crippen MR) is 108 cm³/mol. The Bertz CT molecular complexity index is 616. The number of carbonyl (C=O) groups is 2. The van der Waals surface area contributed by atoms with Gasteiger partial charge in [0, 0.05) is 6.42 Å². The maximum absolute atomic E-state index is 12.5. The highest BCUT2D eigenvalue weighted by Crippen LogP contribution is 2.22. The van der Waals surface area contributed by atoms with Crippen molar-refractivity contribution < 1.29 is 23.8 Å². The van der Waals surface area contributed by atoms with Gasteiger partial charge < -0.3 is 14.2 Å². The predicted octanol–water partition coefficient (Wildman–Crippen LogP) is 5.75. The molecule has 2 rings (SSSR count). The molecule has 0 aliphatic heterocycles. The van der Waals surface area contributed by atoms with Crippen LogP contribution in [0.3, 0.4) is 0 Å². The largest absolute Gasteiger partial charge is 0.511 e. The van der Waals surface area contributed by atoms with E-state index in [1.54, 1.807) is 13.8 Å². The molecule has 0 bridgehead atoms. The first-order chi connectivity index (χ1) is 13.4. The standard InChI is InChI=1S/C23H34O5/c1-5-21(28-23(25)26-20-9-7-6-8-10-20)27-22(24)17(4)19-13-11-18(12-14-19)15-16(2)3/h11-14,16-17,20-21H,5-10,15H2,1-4H3/t17-,21?/m0/s1. The Morgan fingerprint density at radius 1 is 1.00 bits per heavy atom. The summed E-state index contributed by atoms with van der Waals surface area (Å²) in [7, 11) is 0. The van der Waals surface area contributed by atoms with Crippen LogP contribution in [0, 0.1) is 5.92 Å². The topological polar surface area (TPSA) is 61.8 Å². The van der Waals surface area contributed by atoms with Gasteiger partial charge >= 0.3 is 12.1 Å². The van der Waals surface area contributed by atoms with Crippen molar-refractivity contribution in [3.63, 3.8) is 0 Å². The molecule has 1 aliphatic rings. The molecule has 0 spiro atoms. The zero-order valence-electron chi connectivity index (χ0n) is 17.6. The van der Waals surface area contributed by atoms with Crippen LogP contribution in [0.5, 0.6) is 0 Å². The molecule has 28 heavy (non-hydrogen) atoms. The van der Waals surface area contributed by atoms with E-state index in [1.165, 1.54) is 12.0 Å². The number of esters is 1. The first-order valence-electron chi connectivity index (χ1n) is 10.6. The first kappa shape index (κ1) is 22.3. The van der Waals surface area contributed by atoms with E-state index < -0.39 is 24.3 Å². The minimum atomic E-state index is -0.925. The van der Waals surface area contributed by atoms with E-state index in [0.717, 1.165) is 37.7 Å². The fraction of sp³-hybridized carbons (Fsp3) is 0.652. The lowest BCUT2D eigenvalue weighted by molar-refractivity contribution is -0.174. The van der Waals surface area contributed by atoms with Gasteiger partial charge in [-0.1, -0.05) is 51.5 Å². The van der Waals surface area contributed by atoms with Crippen molar-refractivity contribution in [1.29, 1.82) is 0 Å². The van der Waals surface area contributed by atoms with E-state index >= 15 is 0 Å². The fourth-order valence-corrected chi connectivity index (χ4v) is 3.43. The summed E-state index contributed by atoms with van der Waals surface area (Å²) < 4.78 is 16.0. The van der Waals surface area contributed by atoms with E-state index in [0.29, 0.717) is 12.3 Å². The monoisotopic (exact) mass is 390 g/mol. The van der Waals surface area contributed by atoms with Crippen LogP contribution < -0.4 is 0 Å². The second kappa shape index (κ2) is 11.1. The average Bonchev–Trinajstić information content (AvgIpc) is 2.67. The molecule has 5 heteroatoms. The number of carbonyl (C=O) groups excluding carboxylic acids is 2. The van der Waals surface area contributed by atoms with Crippen LogP contribution in [0.4, 0.5) is 4.79 Å². The maximum Gasteiger partial charge on any atom is 0.511 e. The summed E-state index contributed by atoms with van der Waals surface area (Å²) in [6.07, 6.45) is 4.68. The molecule has 0 heterocycles. The molecule has 2 atom stereocenters. The highest BCUT2D eigenvalue weighted by atomic mass is 16.8. The third-order valence-corrected chi connectivity index (χ3v) is 5.10. The van der Waals surface area contributed by atoms with Crippen LogP contribution in [0.1, 0.15) is 83.3 Å². The quantitative estimate of drug-likeness (QED) is 0.417. The molecular weight excluding hydrogens is 356 g/mol. The van der Waals surface area contributed by atoms with Crippen LogP contribution in [-0.2, 0) is 25.4 Å². The van der Waals surface area contributed by atoms with Crippen LogP contribution >= 0.6 is 0 Å². The molecule has 1 aliphatic carbocycles. The summed E-state index contributed by atoms with van der Waals surface area (Å²) in [5, 5.41) is 0.